The molecule has 0 aliphatic carbocycles. The molecular formula is C14H10N2O2S. The summed E-state index contributed by atoms with van der Waals surface area (Å²) in [5.41, 5.74) is 1.76. The number of nitrogens with zero attached hydrogens (tertiary/aromatic N) is 1. The summed E-state index contributed by atoms with van der Waals surface area (Å²) < 4.78 is 0. The van der Waals surface area contributed by atoms with E-state index in [1.807, 2.05) is 35.7 Å². The summed E-state index contributed by atoms with van der Waals surface area (Å²) >= 11 is 1.28. The summed E-state index contributed by atoms with van der Waals surface area (Å²) in [5.74, 6) is 0. The normalized spacial score (nSPS) is 10.5. The zero-order chi connectivity index (χ0) is 13.2. The molecule has 0 aliphatic heterocycles. The van der Waals surface area contributed by atoms with Crippen LogP contribution in [0.1, 0.15) is 0 Å². The van der Waals surface area contributed by atoms with Gasteiger partial charge in [-0.3, -0.25) is 5.32 Å². The molecule has 4 nitrogen and oxygen atoms in total. The van der Waals surface area contributed by atoms with Crippen molar-refractivity contribution in [1.82, 2.24) is 4.98 Å². The van der Waals surface area contributed by atoms with Gasteiger partial charge >= 0.3 is 6.09 Å². The molecule has 19 heavy (non-hydrogen) atoms. The standard InChI is InChI=1S/C14H10N2O2S/c17-14(18)16-13-15-12(8-19-13)11-6-5-9-3-1-2-4-10(9)7-11/h1-8H,(H,15,16)(H,17,18). The van der Waals surface area contributed by atoms with Crippen LogP contribution in [0.15, 0.2) is 47.8 Å². The second-order valence-electron chi connectivity index (χ2n) is 4.03. The van der Waals surface area contributed by atoms with Gasteiger partial charge in [0.25, 0.3) is 0 Å². The second kappa shape index (κ2) is 4.70. The largest absolute Gasteiger partial charge is 0.465 e. The number of nitrogens with one attached hydrogen (secondary N) is 1. The Morgan fingerprint density at radius 3 is 2.74 bits per heavy atom. The average molecular weight is 270 g/mol. The van der Waals surface area contributed by atoms with Gasteiger partial charge in [0.2, 0.25) is 0 Å². The van der Waals surface area contributed by atoms with E-state index in [9.17, 15) is 4.79 Å². The molecule has 94 valence electrons. The first-order valence-electron chi connectivity index (χ1n) is 5.67. The van der Waals surface area contributed by atoms with Crippen LogP contribution in [0.3, 0.4) is 0 Å². The summed E-state index contributed by atoms with van der Waals surface area (Å²) in [6.07, 6.45) is -1.10. The number of carboxylic acid groups (broad SMARTS) is 1. The molecule has 0 aliphatic rings. The molecular weight excluding hydrogens is 260 g/mol. The maximum Gasteiger partial charge on any atom is 0.410 e. The molecule has 0 saturated heterocycles. The van der Waals surface area contributed by atoms with Crippen molar-refractivity contribution in [2.24, 2.45) is 0 Å². The van der Waals surface area contributed by atoms with Crippen molar-refractivity contribution in [3.8, 4) is 11.3 Å². The van der Waals surface area contributed by atoms with E-state index < -0.39 is 6.09 Å². The molecule has 5 heteroatoms. The van der Waals surface area contributed by atoms with Gasteiger partial charge in [0, 0.05) is 10.9 Å². The minimum atomic E-state index is -1.10. The van der Waals surface area contributed by atoms with E-state index in [2.05, 4.69) is 22.4 Å². The maximum atomic E-state index is 10.5. The smallest absolute Gasteiger partial charge is 0.410 e. The summed E-state index contributed by atoms with van der Waals surface area (Å²) in [4.78, 5) is 14.8. The maximum absolute atomic E-state index is 10.5. The molecule has 1 heterocycles. The fourth-order valence-electron chi connectivity index (χ4n) is 1.90. The van der Waals surface area contributed by atoms with Gasteiger partial charge in [-0.25, -0.2) is 9.78 Å². The SMILES string of the molecule is O=C(O)Nc1nc(-c2ccc3ccccc3c2)cs1. The van der Waals surface area contributed by atoms with Gasteiger partial charge < -0.3 is 5.11 Å². The summed E-state index contributed by atoms with van der Waals surface area (Å²) in [5, 5.41) is 15.4. The predicted octanol–water partition coefficient (Wildman–Crippen LogP) is 4.05. The number of fused-ring (bicyclic) bond motifs is 1. The summed E-state index contributed by atoms with van der Waals surface area (Å²) in [7, 11) is 0. The number of hydrogen-bond donors (Lipinski definition) is 2. The van der Waals surface area contributed by atoms with E-state index >= 15 is 0 Å². The second-order valence-corrected chi connectivity index (χ2v) is 4.89. The molecule has 0 spiro atoms. The van der Waals surface area contributed by atoms with E-state index in [-0.39, 0.29) is 0 Å². The van der Waals surface area contributed by atoms with Crippen LogP contribution in [-0.4, -0.2) is 16.2 Å². The van der Waals surface area contributed by atoms with Gasteiger partial charge in [-0.15, -0.1) is 11.3 Å². The lowest BCUT2D eigenvalue weighted by molar-refractivity contribution is 0.209. The minimum Gasteiger partial charge on any atom is -0.465 e. The zero-order valence-electron chi connectivity index (χ0n) is 9.83. The molecule has 1 aromatic heterocycles. The highest BCUT2D eigenvalue weighted by Crippen LogP contribution is 2.27. The number of carbonyl (C=O) groups is 1. The quantitative estimate of drug-likeness (QED) is 0.738. The van der Waals surface area contributed by atoms with Crippen LogP contribution in [0.4, 0.5) is 9.93 Å². The number of anilines is 1. The molecule has 0 saturated carbocycles. The third-order valence-electron chi connectivity index (χ3n) is 2.76. The van der Waals surface area contributed by atoms with Crippen molar-refractivity contribution in [2.75, 3.05) is 5.32 Å². The molecule has 2 aromatic carbocycles. The van der Waals surface area contributed by atoms with Gasteiger partial charge in [-0.2, -0.15) is 0 Å². The Balaban J connectivity index is 1.99. The van der Waals surface area contributed by atoms with Crippen LogP contribution in [0, 0.1) is 0 Å². The third-order valence-corrected chi connectivity index (χ3v) is 3.52. The van der Waals surface area contributed by atoms with Gasteiger partial charge in [0.15, 0.2) is 5.13 Å². The molecule has 0 unspecified atom stereocenters. The Morgan fingerprint density at radius 2 is 1.95 bits per heavy atom. The van der Waals surface area contributed by atoms with Crippen LogP contribution in [0.2, 0.25) is 0 Å². The number of hydrogen-bond acceptors (Lipinski definition) is 3. The molecule has 0 atom stereocenters. The number of thiazole rings is 1. The molecule has 0 bridgehead atoms. The lowest BCUT2D eigenvalue weighted by Crippen LogP contribution is -2.06. The van der Waals surface area contributed by atoms with Crippen LogP contribution in [0.25, 0.3) is 22.0 Å². The van der Waals surface area contributed by atoms with Crippen molar-refractivity contribution in [3.63, 3.8) is 0 Å². The van der Waals surface area contributed by atoms with E-state index in [1.165, 1.54) is 16.7 Å². The molecule has 0 fully saturated rings. The van der Waals surface area contributed by atoms with Crippen molar-refractivity contribution in [2.45, 2.75) is 0 Å². The van der Waals surface area contributed by atoms with Crippen LogP contribution < -0.4 is 5.32 Å². The van der Waals surface area contributed by atoms with Crippen molar-refractivity contribution >= 4 is 33.3 Å². The van der Waals surface area contributed by atoms with E-state index in [0.717, 1.165) is 16.6 Å². The number of benzene rings is 2. The van der Waals surface area contributed by atoms with Crippen LogP contribution >= 0.6 is 11.3 Å². The topological polar surface area (TPSA) is 62.2 Å². The lowest BCUT2D eigenvalue weighted by Gasteiger charge is -2.00. The average Bonchev–Trinajstić information content (AvgIpc) is 2.86. The molecule has 0 radical (unpaired) electrons. The fraction of sp³-hybridized carbons (Fsp3) is 0. The van der Waals surface area contributed by atoms with Gasteiger partial charge in [-0.1, -0.05) is 36.4 Å². The van der Waals surface area contributed by atoms with E-state index in [0.29, 0.717) is 5.13 Å². The highest BCUT2D eigenvalue weighted by Gasteiger charge is 2.07. The Hall–Kier alpha value is -2.40. The van der Waals surface area contributed by atoms with Crippen LogP contribution in [0.5, 0.6) is 0 Å². The first kappa shape index (κ1) is 11.7. The number of aromatic nitrogens is 1. The lowest BCUT2D eigenvalue weighted by atomic mass is 10.1. The molecule has 3 rings (SSSR count). The van der Waals surface area contributed by atoms with Crippen molar-refractivity contribution in [1.29, 1.82) is 0 Å². The first-order chi connectivity index (χ1) is 9.22. The van der Waals surface area contributed by atoms with Gasteiger partial charge in [0.1, 0.15) is 0 Å². The highest BCUT2D eigenvalue weighted by molar-refractivity contribution is 7.14. The van der Waals surface area contributed by atoms with Crippen molar-refractivity contribution in [3.05, 3.63) is 47.8 Å². The minimum absolute atomic E-state index is 0.385. The Bertz CT molecular complexity index is 752. The molecule has 1 amide bonds. The van der Waals surface area contributed by atoms with Crippen molar-refractivity contribution < 1.29 is 9.90 Å². The number of rotatable bonds is 2. The Kier molecular flexibility index (Phi) is 2.89. The Labute approximate surface area is 113 Å². The summed E-state index contributed by atoms with van der Waals surface area (Å²) in [6, 6.07) is 14.2. The fourth-order valence-corrected chi connectivity index (χ4v) is 2.61. The van der Waals surface area contributed by atoms with Gasteiger partial charge in [-0.05, 0) is 16.8 Å². The highest BCUT2D eigenvalue weighted by atomic mass is 32.1. The predicted molar refractivity (Wildman–Crippen MR) is 76.7 cm³/mol. The third kappa shape index (κ3) is 2.41. The monoisotopic (exact) mass is 270 g/mol. The molecule has 3 aromatic rings. The van der Waals surface area contributed by atoms with Gasteiger partial charge in [0.05, 0.1) is 5.69 Å². The summed E-state index contributed by atoms with van der Waals surface area (Å²) in [6.45, 7) is 0. The van der Waals surface area contributed by atoms with E-state index in [4.69, 9.17) is 5.11 Å². The van der Waals surface area contributed by atoms with E-state index in [1.54, 1.807) is 0 Å². The Morgan fingerprint density at radius 1 is 1.16 bits per heavy atom. The first-order valence-corrected chi connectivity index (χ1v) is 6.55. The zero-order valence-corrected chi connectivity index (χ0v) is 10.6. The molecule has 2 N–H and O–H groups in total. The number of amides is 1. The van der Waals surface area contributed by atoms with Crippen LogP contribution in [-0.2, 0) is 0 Å².